The highest BCUT2D eigenvalue weighted by Gasteiger charge is 2.34. The van der Waals surface area contributed by atoms with Gasteiger partial charge in [0.25, 0.3) is 0 Å². The van der Waals surface area contributed by atoms with Gasteiger partial charge in [0.05, 0.1) is 10.9 Å². The first kappa shape index (κ1) is 19.1. The van der Waals surface area contributed by atoms with Crippen LogP contribution in [0.15, 0.2) is 84.8 Å². The summed E-state index contributed by atoms with van der Waals surface area (Å²) in [5, 5.41) is 10.7. The molecule has 0 saturated heterocycles. The summed E-state index contributed by atoms with van der Waals surface area (Å²) in [6.45, 7) is 9.13. The maximum atomic E-state index is 12.7. The third kappa shape index (κ3) is 4.66. The van der Waals surface area contributed by atoms with Crippen LogP contribution >= 0.6 is 0 Å². The minimum absolute atomic E-state index is 0.145. The Morgan fingerprint density at radius 3 is 2.16 bits per heavy atom. The minimum Gasteiger partial charge on any atom is -0.380 e. The summed E-state index contributed by atoms with van der Waals surface area (Å²) in [5.41, 5.74) is 0.280. The SMILES string of the molecule is C=CC(O)(C=C)[C@H](Cc1ccccc1)NS(=O)(=O)c1ccc(C)cc1. The van der Waals surface area contributed by atoms with E-state index in [1.165, 1.54) is 24.3 Å². The fourth-order valence-corrected chi connectivity index (χ4v) is 3.77. The van der Waals surface area contributed by atoms with Gasteiger partial charge >= 0.3 is 0 Å². The zero-order valence-electron chi connectivity index (χ0n) is 14.2. The standard InChI is InChI=1S/C20H23NO3S/c1-4-20(22,5-2)19(15-17-9-7-6-8-10-17)21-25(23,24)18-13-11-16(3)12-14-18/h4-14,19,21-22H,1-2,15H2,3H3/t19-/m0/s1. The molecule has 0 amide bonds. The van der Waals surface area contributed by atoms with Gasteiger partial charge in [-0.05, 0) is 31.0 Å². The van der Waals surface area contributed by atoms with E-state index in [9.17, 15) is 13.5 Å². The highest BCUT2D eigenvalue weighted by atomic mass is 32.2. The number of sulfonamides is 1. The summed E-state index contributed by atoms with van der Waals surface area (Å²) in [6, 6.07) is 15.1. The van der Waals surface area contributed by atoms with Crippen LogP contribution in [0.3, 0.4) is 0 Å². The Morgan fingerprint density at radius 2 is 1.64 bits per heavy atom. The van der Waals surface area contributed by atoms with E-state index in [0.29, 0.717) is 6.42 Å². The molecule has 0 aromatic heterocycles. The van der Waals surface area contributed by atoms with Crippen molar-refractivity contribution in [2.24, 2.45) is 0 Å². The number of nitrogens with one attached hydrogen (secondary N) is 1. The molecule has 2 rings (SSSR count). The highest BCUT2D eigenvalue weighted by Crippen LogP contribution is 2.21. The molecule has 132 valence electrons. The van der Waals surface area contributed by atoms with E-state index in [1.54, 1.807) is 12.1 Å². The van der Waals surface area contributed by atoms with E-state index in [4.69, 9.17) is 0 Å². The summed E-state index contributed by atoms with van der Waals surface area (Å²) in [6.07, 6.45) is 2.89. The predicted molar refractivity (Wildman–Crippen MR) is 101 cm³/mol. The molecule has 25 heavy (non-hydrogen) atoms. The smallest absolute Gasteiger partial charge is 0.240 e. The van der Waals surface area contributed by atoms with E-state index in [2.05, 4.69) is 17.9 Å². The topological polar surface area (TPSA) is 66.4 Å². The van der Waals surface area contributed by atoms with Gasteiger partial charge in [-0.1, -0.05) is 73.3 Å². The van der Waals surface area contributed by atoms with E-state index in [-0.39, 0.29) is 4.90 Å². The lowest BCUT2D eigenvalue weighted by Gasteiger charge is -2.31. The van der Waals surface area contributed by atoms with Crippen molar-refractivity contribution >= 4 is 10.0 Å². The highest BCUT2D eigenvalue weighted by molar-refractivity contribution is 7.89. The maximum absolute atomic E-state index is 12.7. The third-order valence-electron chi connectivity index (χ3n) is 4.12. The average Bonchev–Trinajstić information content (AvgIpc) is 2.61. The van der Waals surface area contributed by atoms with E-state index < -0.39 is 21.7 Å². The first-order valence-electron chi connectivity index (χ1n) is 7.93. The van der Waals surface area contributed by atoms with Gasteiger partial charge in [-0.15, -0.1) is 0 Å². The van der Waals surface area contributed by atoms with Gasteiger partial charge in [0, 0.05) is 0 Å². The summed E-state index contributed by atoms with van der Waals surface area (Å²) in [4.78, 5) is 0.145. The van der Waals surface area contributed by atoms with Crippen LogP contribution in [0.1, 0.15) is 11.1 Å². The normalized spacial score (nSPS) is 13.2. The second-order valence-electron chi connectivity index (χ2n) is 5.97. The van der Waals surface area contributed by atoms with E-state index >= 15 is 0 Å². The molecule has 0 saturated carbocycles. The van der Waals surface area contributed by atoms with Crippen molar-refractivity contribution in [2.45, 2.75) is 29.9 Å². The Morgan fingerprint density at radius 1 is 1.08 bits per heavy atom. The molecule has 0 fully saturated rings. The van der Waals surface area contributed by atoms with Gasteiger partial charge in [-0.3, -0.25) is 0 Å². The van der Waals surface area contributed by atoms with Crippen molar-refractivity contribution in [1.82, 2.24) is 4.72 Å². The Balaban J connectivity index is 2.36. The minimum atomic E-state index is -3.81. The van der Waals surface area contributed by atoms with Crippen LogP contribution in [0.4, 0.5) is 0 Å². The van der Waals surface area contributed by atoms with Crippen molar-refractivity contribution in [3.63, 3.8) is 0 Å². The zero-order valence-corrected chi connectivity index (χ0v) is 15.0. The van der Waals surface area contributed by atoms with Crippen molar-refractivity contribution in [3.8, 4) is 0 Å². The number of aryl methyl sites for hydroxylation is 1. The molecule has 4 nitrogen and oxygen atoms in total. The second kappa shape index (κ2) is 7.78. The van der Waals surface area contributed by atoms with Gasteiger partial charge in [-0.2, -0.15) is 0 Å². The van der Waals surface area contributed by atoms with Crippen molar-refractivity contribution in [1.29, 1.82) is 0 Å². The van der Waals surface area contributed by atoms with Crippen LogP contribution in [0.5, 0.6) is 0 Å². The second-order valence-corrected chi connectivity index (χ2v) is 7.69. The summed E-state index contributed by atoms with van der Waals surface area (Å²) < 4.78 is 28.1. The Hall–Kier alpha value is -2.21. The Bertz CT molecular complexity index is 819. The van der Waals surface area contributed by atoms with Gasteiger partial charge in [0.1, 0.15) is 5.60 Å². The summed E-state index contributed by atoms with van der Waals surface area (Å²) in [7, 11) is -3.81. The lowest BCUT2D eigenvalue weighted by molar-refractivity contribution is 0.105. The van der Waals surface area contributed by atoms with E-state index in [0.717, 1.165) is 11.1 Å². The predicted octanol–water partition coefficient (Wildman–Crippen LogP) is 2.99. The van der Waals surface area contributed by atoms with Gasteiger partial charge in [0.2, 0.25) is 10.0 Å². The Kier molecular flexibility index (Phi) is 5.95. The molecule has 0 bridgehead atoms. The molecule has 5 heteroatoms. The van der Waals surface area contributed by atoms with Crippen LogP contribution < -0.4 is 4.72 Å². The molecule has 2 N–H and O–H groups in total. The molecule has 0 unspecified atom stereocenters. The molecule has 0 aliphatic heterocycles. The fraction of sp³-hybridized carbons (Fsp3) is 0.200. The zero-order chi connectivity index (χ0) is 18.5. The van der Waals surface area contributed by atoms with Crippen LogP contribution in [0.25, 0.3) is 0 Å². The van der Waals surface area contributed by atoms with Crippen molar-refractivity contribution < 1.29 is 13.5 Å². The molecule has 2 aromatic carbocycles. The number of aliphatic hydroxyl groups is 1. The molecule has 0 aliphatic carbocycles. The number of benzene rings is 2. The molecule has 0 aliphatic rings. The largest absolute Gasteiger partial charge is 0.380 e. The molecule has 0 radical (unpaired) electrons. The van der Waals surface area contributed by atoms with Gasteiger partial charge in [-0.25, -0.2) is 13.1 Å². The quantitative estimate of drug-likeness (QED) is 0.714. The third-order valence-corrected chi connectivity index (χ3v) is 5.61. The van der Waals surface area contributed by atoms with Crippen LogP contribution in [-0.2, 0) is 16.4 Å². The molecular weight excluding hydrogens is 334 g/mol. The fourth-order valence-electron chi connectivity index (χ4n) is 2.49. The van der Waals surface area contributed by atoms with Crippen LogP contribution in [-0.4, -0.2) is 25.2 Å². The van der Waals surface area contributed by atoms with Crippen molar-refractivity contribution in [2.75, 3.05) is 0 Å². The number of hydrogen-bond donors (Lipinski definition) is 2. The van der Waals surface area contributed by atoms with E-state index in [1.807, 2.05) is 37.3 Å². The monoisotopic (exact) mass is 357 g/mol. The molecule has 1 atom stereocenters. The molecule has 0 heterocycles. The molecule has 2 aromatic rings. The first-order chi connectivity index (χ1) is 11.8. The summed E-state index contributed by atoms with van der Waals surface area (Å²) >= 11 is 0. The lowest BCUT2D eigenvalue weighted by Crippen LogP contribution is -2.51. The summed E-state index contributed by atoms with van der Waals surface area (Å²) in [5.74, 6) is 0. The molecular formula is C20H23NO3S. The van der Waals surface area contributed by atoms with Gasteiger partial charge < -0.3 is 5.11 Å². The number of rotatable bonds is 8. The van der Waals surface area contributed by atoms with Crippen LogP contribution in [0.2, 0.25) is 0 Å². The van der Waals surface area contributed by atoms with Gasteiger partial charge in [0.15, 0.2) is 0 Å². The molecule has 0 spiro atoms. The first-order valence-corrected chi connectivity index (χ1v) is 9.41. The Labute approximate surface area is 149 Å². The average molecular weight is 357 g/mol. The van der Waals surface area contributed by atoms with Crippen molar-refractivity contribution in [3.05, 3.63) is 91.0 Å². The lowest BCUT2D eigenvalue weighted by atomic mass is 9.90. The number of hydrogen-bond acceptors (Lipinski definition) is 3. The van der Waals surface area contributed by atoms with Crippen LogP contribution in [0, 0.1) is 6.92 Å². The maximum Gasteiger partial charge on any atom is 0.240 e.